The first-order valence-electron chi connectivity index (χ1n) is 8.86. The number of nitrogens with zero attached hydrogens (tertiary/aromatic N) is 3. The molecule has 0 aliphatic carbocycles. The van der Waals surface area contributed by atoms with E-state index in [1.54, 1.807) is 0 Å². The van der Waals surface area contributed by atoms with Gasteiger partial charge in [0.2, 0.25) is 18.2 Å². The zero-order valence-electron chi connectivity index (χ0n) is 15.2. The van der Waals surface area contributed by atoms with Gasteiger partial charge in [-0.3, -0.25) is 19.7 Å². The van der Waals surface area contributed by atoms with E-state index in [4.69, 9.17) is 0 Å². The molecule has 140 valence electrons. The quantitative estimate of drug-likeness (QED) is 0.566. The van der Waals surface area contributed by atoms with E-state index in [0.717, 1.165) is 37.6 Å². The van der Waals surface area contributed by atoms with Crippen molar-refractivity contribution < 1.29 is 14.4 Å². The van der Waals surface area contributed by atoms with Crippen LogP contribution >= 0.6 is 0 Å². The van der Waals surface area contributed by atoms with Crippen LogP contribution in [0.3, 0.4) is 0 Å². The van der Waals surface area contributed by atoms with Crippen LogP contribution in [0.15, 0.2) is 18.2 Å². The van der Waals surface area contributed by atoms with Gasteiger partial charge in [0.25, 0.3) is 0 Å². The third kappa shape index (κ3) is 3.50. The molecule has 0 radical (unpaired) electrons. The molecule has 0 spiro atoms. The number of hydrogen-bond acceptors (Lipinski definition) is 6. The average molecular weight is 359 g/mol. The number of piperidine rings is 1. The van der Waals surface area contributed by atoms with Crippen LogP contribution in [0.1, 0.15) is 12.8 Å². The molecule has 2 fully saturated rings. The standard InChI is InChI=1S/C18H25N5O3/c1-21(2)17-13(22-10-8-19-9-11-22)4-3-5-14(17)23(12-24)15-6-7-16(25)20-18(15)26/h3-5,12,15,19H,6-11H2,1-2H3,(H,20,25,26). The lowest BCUT2D eigenvalue weighted by Gasteiger charge is -2.36. The molecule has 1 aromatic carbocycles. The van der Waals surface area contributed by atoms with Crippen molar-refractivity contribution in [2.75, 3.05) is 55.0 Å². The van der Waals surface area contributed by atoms with Crippen LogP contribution < -0.4 is 25.3 Å². The summed E-state index contributed by atoms with van der Waals surface area (Å²) in [6.07, 6.45) is 1.24. The maximum atomic E-state index is 12.3. The highest BCUT2D eigenvalue weighted by Gasteiger charge is 2.34. The van der Waals surface area contributed by atoms with Gasteiger partial charge in [0.15, 0.2) is 0 Å². The van der Waals surface area contributed by atoms with E-state index < -0.39 is 11.9 Å². The van der Waals surface area contributed by atoms with Crippen LogP contribution in [0.25, 0.3) is 0 Å². The number of benzene rings is 1. The number of carbonyl (C=O) groups excluding carboxylic acids is 3. The molecule has 0 aromatic heterocycles. The first-order chi connectivity index (χ1) is 12.5. The Morgan fingerprint density at radius 1 is 1.19 bits per heavy atom. The number of anilines is 3. The van der Waals surface area contributed by atoms with E-state index in [2.05, 4.69) is 15.5 Å². The molecule has 3 rings (SSSR count). The highest BCUT2D eigenvalue weighted by molar-refractivity contribution is 6.05. The topological polar surface area (TPSA) is 85.0 Å². The van der Waals surface area contributed by atoms with Crippen molar-refractivity contribution >= 4 is 35.3 Å². The normalized spacial score (nSPS) is 20.5. The van der Waals surface area contributed by atoms with E-state index in [0.29, 0.717) is 18.5 Å². The number of nitrogens with one attached hydrogen (secondary N) is 2. The fourth-order valence-electron chi connectivity index (χ4n) is 3.59. The maximum Gasteiger partial charge on any atom is 0.249 e. The molecular weight excluding hydrogens is 334 g/mol. The zero-order valence-corrected chi connectivity index (χ0v) is 15.2. The van der Waals surface area contributed by atoms with Crippen molar-refractivity contribution in [3.05, 3.63) is 18.2 Å². The SMILES string of the molecule is CN(C)c1c(N2CCNCC2)cccc1N(C=O)C1CCC(=O)NC1=O. The minimum Gasteiger partial charge on any atom is -0.374 e. The molecule has 1 atom stereocenters. The summed E-state index contributed by atoms with van der Waals surface area (Å²) in [7, 11) is 3.86. The predicted octanol–water partition coefficient (Wildman–Crippen LogP) is -0.0698. The van der Waals surface area contributed by atoms with Crippen LogP contribution in [0.4, 0.5) is 17.1 Å². The molecule has 2 aliphatic heterocycles. The summed E-state index contributed by atoms with van der Waals surface area (Å²) >= 11 is 0. The molecule has 8 nitrogen and oxygen atoms in total. The van der Waals surface area contributed by atoms with Crippen molar-refractivity contribution in [2.24, 2.45) is 0 Å². The summed E-state index contributed by atoms with van der Waals surface area (Å²) < 4.78 is 0. The fourth-order valence-corrected chi connectivity index (χ4v) is 3.59. The molecular formula is C18H25N5O3. The van der Waals surface area contributed by atoms with E-state index in [1.165, 1.54) is 4.90 Å². The number of imide groups is 1. The number of rotatable bonds is 5. The van der Waals surface area contributed by atoms with Crippen molar-refractivity contribution in [3.8, 4) is 0 Å². The van der Waals surface area contributed by atoms with Gasteiger partial charge in [-0.2, -0.15) is 0 Å². The predicted molar refractivity (Wildman–Crippen MR) is 101 cm³/mol. The molecule has 2 heterocycles. The van der Waals surface area contributed by atoms with Gasteiger partial charge in [0.05, 0.1) is 17.1 Å². The molecule has 3 amide bonds. The monoisotopic (exact) mass is 359 g/mol. The molecule has 2 aliphatic rings. The molecule has 0 saturated carbocycles. The Balaban J connectivity index is 2.00. The first kappa shape index (κ1) is 18.2. The molecule has 0 bridgehead atoms. The zero-order chi connectivity index (χ0) is 18.7. The van der Waals surface area contributed by atoms with Gasteiger partial charge < -0.3 is 20.0 Å². The Morgan fingerprint density at radius 2 is 1.92 bits per heavy atom. The molecule has 1 aromatic rings. The van der Waals surface area contributed by atoms with Gasteiger partial charge in [-0.25, -0.2) is 0 Å². The first-order valence-corrected chi connectivity index (χ1v) is 8.86. The highest BCUT2D eigenvalue weighted by Crippen LogP contribution is 2.39. The largest absolute Gasteiger partial charge is 0.374 e. The van der Waals surface area contributed by atoms with Crippen molar-refractivity contribution in [1.82, 2.24) is 10.6 Å². The Morgan fingerprint density at radius 3 is 2.54 bits per heavy atom. The number of para-hydroxylation sites is 1. The molecule has 2 N–H and O–H groups in total. The molecule has 26 heavy (non-hydrogen) atoms. The summed E-state index contributed by atoms with van der Waals surface area (Å²) in [6.45, 7) is 3.57. The van der Waals surface area contributed by atoms with Crippen LogP contribution in [-0.2, 0) is 14.4 Å². The Kier molecular flexibility index (Phi) is 5.41. The lowest BCUT2D eigenvalue weighted by Crippen LogP contribution is -2.52. The number of amides is 3. The van der Waals surface area contributed by atoms with Crippen LogP contribution in [0.2, 0.25) is 0 Å². The summed E-state index contributed by atoms with van der Waals surface area (Å²) in [4.78, 5) is 41.3. The average Bonchev–Trinajstić information content (AvgIpc) is 2.64. The Hall–Kier alpha value is -2.61. The van der Waals surface area contributed by atoms with Gasteiger partial charge in [-0.15, -0.1) is 0 Å². The second kappa shape index (κ2) is 7.74. The summed E-state index contributed by atoms with van der Waals surface area (Å²) in [5.41, 5.74) is 2.61. The molecule has 2 saturated heterocycles. The van der Waals surface area contributed by atoms with E-state index in [-0.39, 0.29) is 12.3 Å². The van der Waals surface area contributed by atoms with Gasteiger partial charge in [0, 0.05) is 46.7 Å². The van der Waals surface area contributed by atoms with Gasteiger partial charge in [-0.1, -0.05) is 6.07 Å². The Bertz CT molecular complexity index is 700. The second-order valence-corrected chi connectivity index (χ2v) is 6.76. The third-order valence-corrected chi connectivity index (χ3v) is 4.84. The summed E-state index contributed by atoms with van der Waals surface area (Å²) in [5, 5.41) is 5.67. The van der Waals surface area contributed by atoms with Crippen LogP contribution in [-0.4, -0.2) is 64.5 Å². The number of carbonyl (C=O) groups is 3. The van der Waals surface area contributed by atoms with Crippen LogP contribution in [0.5, 0.6) is 0 Å². The second-order valence-electron chi connectivity index (χ2n) is 6.76. The highest BCUT2D eigenvalue weighted by atomic mass is 16.2. The lowest BCUT2D eigenvalue weighted by molar-refractivity contribution is -0.134. The fraction of sp³-hybridized carbons (Fsp3) is 0.500. The third-order valence-electron chi connectivity index (χ3n) is 4.84. The number of hydrogen-bond donors (Lipinski definition) is 2. The van der Waals surface area contributed by atoms with E-state index >= 15 is 0 Å². The van der Waals surface area contributed by atoms with Crippen molar-refractivity contribution in [1.29, 1.82) is 0 Å². The lowest BCUT2D eigenvalue weighted by atomic mass is 10.0. The van der Waals surface area contributed by atoms with Gasteiger partial charge in [-0.05, 0) is 18.6 Å². The molecule has 1 unspecified atom stereocenters. The Labute approximate surface area is 153 Å². The smallest absolute Gasteiger partial charge is 0.249 e. The minimum absolute atomic E-state index is 0.232. The van der Waals surface area contributed by atoms with Crippen LogP contribution in [0, 0.1) is 0 Å². The summed E-state index contributed by atoms with van der Waals surface area (Å²) in [6, 6.07) is 5.11. The molecule has 8 heteroatoms. The van der Waals surface area contributed by atoms with Gasteiger partial charge >= 0.3 is 0 Å². The van der Waals surface area contributed by atoms with E-state index in [9.17, 15) is 14.4 Å². The minimum atomic E-state index is -0.679. The summed E-state index contributed by atoms with van der Waals surface area (Å²) in [5.74, 6) is -0.717. The van der Waals surface area contributed by atoms with Crippen molar-refractivity contribution in [2.45, 2.75) is 18.9 Å². The number of piperazine rings is 1. The van der Waals surface area contributed by atoms with E-state index in [1.807, 2.05) is 37.2 Å². The maximum absolute atomic E-state index is 12.3. The van der Waals surface area contributed by atoms with Gasteiger partial charge in [0.1, 0.15) is 6.04 Å². The van der Waals surface area contributed by atoms with Crippen molar-refractivity contribution in [3.63, 3.8) is 0 Å².